The van der Waals surface area contributed by atoms with E-state index in [1.54, 1.807) is 12.4 Å². The molecule has 0 unspecified atom stereocenters. The fraction of sp³-hybridized carbons (Fsp3) is 0.286. The molecular weight excluding hydrogens is 422 g/mol. The maximum atomic E-state index is 9.77. The summed E-state index contributed by atoms with van der Waals surface area (Å²) in [5.41, 5.74) is 6.28. The molecule has 1 aliphatic heterocycles. The number of rotatable bonds is 7. The van der Waals surface area contributed by atoms with Gasteiger partial charge in [-0.3, -0.25) is 9.88 Å². The highest BCUT2D eigenvalue weighted by molar-refractivity contribution is 5.89. The molecule has 5 rings (SSSR count). The van der Waals surface area contributed by atoms with Gasteiger partial charge in [0.2, 0.25) is 0 Å². The highest BCUT2D eigenvalue weighted by atomic mass is 16.5. The summed E-state index contributed by atoms with van der Waals surface area (Å²) in [5.74, 6) is 0.855. The van der Waals surface area contributed by atoms with Crippen molar-refractivity contribution < 1.29 is 4.74 Å². The summed E-state index contributed by atoms with van der Waals surface area (Å²) in [6, 6.07) is 16.6. The highest BCUT2D eigenvalue weighted by Crippen LogP contribution is 2.35. The smallest absolute Gasteiger partial charge is 0.119 e. The second-order valence-corrected chi connectivity index (χ2v) is 8.85. The monoisotopic (exact) mass is 451 g/mol. The molecule has 0 radical (unpaired) electrons. The Morgan fingerprint density at radius 3 is 2.71 bits per heavy atom. The van der Waals surface area contributed by atoms with Gasteiger partial charge in [0, 0.05) is 47.3 Å². The van der Waals surface area contributed by atoms with Crippen molar-refractivity contribution in [2.24, 2.45) is 0 Å². The van der Waals surface area contributed by atoms with Crippen LogP contribution in [-0.4, -0.2) is 41.1 Å². The number of benzene rings is 2. The Morgan fingerprint density at radius 2 is 1.91 bits per heavy atom. The number of aryl methyl sites for hydroxylation is 1. The maximum absolute atomic E-state index is 9.77. The lowest BCUT2D eigenvalue weighted by atomic mass is 10.0. The van der Waals surface area contributed by atoms with Gasteiger partial charge < -0.3 is 15.0 Å². The zero-order valence-corrected chi connectivity index (χ0v) is 19.5. The maximum Gasteiger partial charge on any atom is 0.119 e. The van der Waals surface area contributed by atoms with Crippen LogP contribution in [0.3, 0.4) is 0 Å². The minimum Gasteiger partial charge on any atom is -0.492 e. The van der Waals surface area contributed by atoms with Crippen molar-refractivity contribution in [1.82, 2.24) is 14.9 Å². The summed E-state index contributed by atoms with van der Waals surface area (Å²) in [4.78, 5) is 10.0. The van der Waals surface area contributed by atoms with Crippen LogP contribution in [0.5, 0.6) is 5.75 Å². The summed E-state index contributed by atoms with van der Waals surface area (Å²) in [6.07, 6.45) is 9.27. The SMILES string of the molecule is Cc1cc2[nH]ccc2cc1Nc1c(C#N)cncc1-c1ccc(OCCN2CCCCC2)cc1. The number of aromatic amines is 1. The molecular formula is C28H29N5O. The predicted molar refractivity (Wildman–Crippen MR) is 136 cm³/mol. The van der Waals surface area contributed by atoms with Crippen molar-refractivity contribution in [3.63, 3.8) is 0 Å². The van der Waals surface area contributed by atoms with Gasteiger partial charge in [-0.25, -0.2) is 0 Å². The van der Waals surface area contributed by atoms with Crippen molar-refractivity contribution in [2.45, 2.75) is 26.2 Å². The Kier molecular flexibility index (Phi) is 6.46. The molecule has 0 aliphatic carbocycles. The Balaban J connectivity index is 1.36. The molecule has 4 aromatic rings. The number of hydrogen-bond acceptors (Lipinski definition) is 5. The molecule has 1 fully saturated rings. The normalized spacial score (nSPS) is 14.1. The molecule has 0 amide bonds. The van der Waals surface area contributed by atoms with Crippen molar-refractivity contribution in [2.75, 3.05) is 31.6 Å². The summed E-state index contributed by atoms with van der Waals surface area (Å²) in [6.45, 7) is 6.08. The van der Waals surface area contributed by atoms with Gasteiger partial charge in [0.15, 0.2) is 0 Å². The third-order valence-electron chi connectivity index (χ3n) is 6.51. The van der Waals surface area contributed by atoms with Crippen LogP contribution in [0.2, 0.25) is 0 Å². The predicted octanol–water partition coefficient (Wildman–Crippen LogP) is 6.02. The molecule has 0 bridgehead atoms. The molecule has 0 atom stereocenters. The van der Waals surface area contributed by atoms with E-state index >= 15 is 0 Å². The Morgan fingerprint density at radius 1 is 1.09 bits per heavy atom. The van der Waals surface area contributed by atoms with Crippen molar-refractivity contribution >= 4 is 22.3 Å². The van der Waals surface area contributed by atoms with Crippen molar-refractivity contribution in [3.05, 3.63) is 72.2 Å². The second kappa shape index (κ2) is 9.98. The second-order valence-electron chi connectivity index (χ2n) is 8.85. The lowest BCUT2D eigenvalue weighted by molar-refractivity contribution is 0.183. The molecule has 34 heavy (non-hydrogen) atoms. The molecule has 1 aliphatic rings. The first-order valence-corrected chi connectivity index (χ1v) is 11.9. The number of H-pyrrole nitrogens is 1. The number of likely N-dealkylation sites (tertiary alicyclic amines) is 1. The van der Waals surface area contributed by atoms with E-state index < -0.39 is 0 Å². The van der Waals surface area contributed by atoms with E-state index in [0.29, 0.717) is 12.2 Å². The fourth-order valence-corrected chi connectivity index (χ4v) is 4.58. The van der Waals surface area contributed by atoms with Crippen LogP contribution in [0.4, 0.5) is 11.4 Å². The number of ether oxygens (including phenoxy) is 1. The van der Waals surface area contributed by atoms with Crippen LogP contribution in [0.25, 0.3) is 22.0 Å². The van der Waals surface area contributed by atoms with Crippen LogP contribution in [-0.2, 0) is 0 Å². The van der Waals surface area contributed by atoms with Gasteiger partial charge in [-0.05, 0) is 74.3 Å². The van der Waals surface area contributed by atoms with Gasteiger partial charge in [0.25, 0.3) is 0 Å². The third kappa shape index (κ3) is 4.75. The van der Waals surface area contributed by atoms with E-state index in [-0.39, 0.29) is 0 Å². The molecule has 2 N–H and O–H groups in total. The Labute approximate surface area is 200 Å². The van der Waals surface area contributed by atoms with E-state index in [1.165, 1.54) is 32.4 Å². The number of fused-ring (bicyclic) bond motifs is 1. The van der Waals surface area contributed by atoms with Crippen LogP contribution < -0.4 is 10.1 Å². The minimum absolute atomic E-state index is 0.507. The van der Waals surface area contributed by atoms with E-state index in [0.717, 1.165) is 51.3 Å². The number of anilines is 2. The van der Waals surface area contributed by atoms with Gasteiger partial charge in [-0.15, -0.1) is 0 Å². The Hall–Kier alpha value is -3.82. The molecule has 172 valence electrons. The van der Waals surface area contributed by atoms with Crippen LogP contribution in [0.1, 0.15) is 30.4 Å². The summed E-state index contributed by atoms with van der Waals surface area (Å²) < 4.78 is 5.99. The number of pyridine rings is 1. The molecule has 6 nitrogen and oxygen atoms in total. The molecule has 0 spiro atoms. The van der Waals surface area contributed by atoms with Gasteiger partial charge >= 0.3 is 0 Å². The van der Waals surface area contributed by atoms with E-state index in [2.05, 4.69) is 45.3 Å². The molecule has 6 heteroatoms. The van der Waals surface area contributed by atoms with E-state index in [1.807, 2.05) is 36.5 Å². The quantitative estimate of drug-likeness (QED) is 0.359. The summed E-state index contributed by atoms with van der Waals surface area (Å²) in [7, 11) is 0. The Bertz CT molecular complexity index is 1310. The first-order chi connectivity index (χ1) is 16.7. The van der Waals surface area contributed by atoms with Gasteiger partial charge in [0.05, 0.1) is 11.3 Å². The first-order valence-electron chi connectivity index (χ1n) is 11.9. The summed E-state index contributed by atoms with van der Waals surface area (Å²) in [5, 5.41) is 14.4. The van der Waals surface area contributed by atoms with E-state index in [9.17, 15) is 5.26 Å². The van der Waals surface area contributed by atoms with Crippen LogP contribution in [0, 0.1) is 18.3 Å². The molecule has 0 saturated carbocycles. The van der Waals surface area contributed by atoms with Crippen molar-refractivity contribution in [1.29, 1.82) is 5.26 Å². The van der Waals surface area contributed by atoms with E-state index in [4.69, 9.17) is 4.74 Å². The first kappa shape index (κ1) is 22.0. The molecule has 1 saturated heterocycles. The molecule has 2 aromatic heterocycles. The summed E-state index contributed by atoms with van der Waals surface area (Å²) >= 11 is 0. The fourth-order valence-electron chi connectivity index (χ4n) is 4.58. The van der Waals surface area contributed by atoms with Crippen LogP contribution >= 0.6 is 0 Å². The number of piperidine rings is 1. The number of aromatic nitrogens is 2. The zero-order valence-electron chi connectivity index (χ0n) is 19.5. The highest BCUT2D eigenvalue weighted by Gasteiger charge is 2.14. The van der Waals surface area contributed by atoms with Crippen molar-refractivity contribution in [3.8, 4) is 22.9 Å². The molecule has 3 heterocycles. The number of nitrogens with zero attached hydrogens (tertiary/aromatic N) is 3. The number of hydrogen-bond donors (Lipinski definition) is 2. The largest absolute Gasteiger partial charge is 0.492 e. The van der Waals surface area contributed by atoms with Crippen LogP contribution in [0.15, 0.2) is 61.1 Å². The topological polar surface area (TPSA) is 77.0 Å². The lowest BCUT2D eigenvalue weighted by Gasteiger charge is -2.26. The van der Waals surface area contributed by atoms with Gasteiger partial charge in [0.1, 0.15) is 18.4 Å². The standard InChI is InChI=1S/C28H29N5O/c1-20-15-27-22(9-10-31-27)16-26(20)32-28-23(17-29)18-30-19-25(28)21-5-7-24(8-6-21)34-14-13-33-11-3-2-4-12-33/h5-10,15-16,18-19,31H,2-4,11-14H2,1H3,(H,30,32). The number of nitriles is 1. The minimum atomic E-state index is 0.507. The average Bonchev–Trinajstić information content (AvgIpc) is 3.32. The lowest BCUT2D eigenvalue weighted by Crippen LogP contribution is -2.33. The number of nitrogens with one attached hydrogen (secondary N) is 2. The zero-order chi connectivity index (χ0) is 23.3. The van der Waals surface area contributed by atoms with Gasteiger partial charge in [-0.1, -0.05) is 18.6 Å². The average molecular weight is 452 g/mol. The third-order valence-corrected chi connectivity index (χ3v) is 6.51. The van der Waals surface area contributed by atoms with Gasteiger partial charge in [-0.2, -0.15) is 5.26 Å². The molecule has 2 aromatic carbocycles.